The molecule has 0 saturated carbocycles. The van der Waals surface area contributed by atoms with Gasteiger partial charge in [-0.05, 0) is 6.08 Å². The lowest BCUT2D eigenvalue weighted by Crippen LogP contribution is -1.90. The van der Waals surface area contributed by atoms with Crippen LogP contribution in [0, 0.1) is 0 Å². The van der Waals surface area contributed by atoms with E-state index in [1.54, 1.807) is 0 Å². The molecule has 0 fully saturated rings. The van der Waals surface area contributed by atoms with Crippen LogP contribution in [0.4, 0.5) is 0 Å². The van der Waals surface area contributed by atoms with Gasteiger partial charge in [-0.3, -0.25) is 9.59 Å². The fourth-order valence-electron chi connectivity index (χ4n) is 0.428. The van der Waals surface area contributed by atoms with Crippen LogP contribution >= 0.6 is 0 Å². The Morgan fingerprint density at radius 3 is 2.58 bits per heavy atom. The second-order valence-electron chi connectivity index (χ2n) is 1.96. The van der Waals surface area contributed by atoms with Crippen LogP contribution in [-0.4, -0.2) is 17.0 Å². The van der Waals surface area contributed by atoms with E-state index in [1.807, 2.05) is 0 Å². The molecule has 0 radical (unpaired) electrons. The average molecular weight is 170 g/mol. The van der Waals surface area contributed by atoms with Crippen LogP contribution in [0.5, 0.6) is 0 Å². The van der Waals surface area contributed by atoms with Crippen LogP contribution in [0.3, 0.4) is 0 Å². The van der Waals surface area contributed by atoms with Crippen molar-refractivity contribution in [3.63, 3.8) is 0 Å². The first-order chi connectivity index (χ1) is 5.63. The minimum Gasteiger partial charge on any atom is -0.481 e. The molecule has 0 atom stereocenters. The quantitative estimate of drug-likeness (QED) is 0.389. The summed E-state index contributed by atoms with van der Waals surface area (Å²) in [5.41, 5.74) is 0. The first-order valence-corrected chi connectivity index (χ1v) is 3.33. The van der Waals surface area contributed by atoms with E-state index in [1.165, 1.54) is 31.4 Å². The summed E-state index contributed by atoms with van der Waals surface area (Å²) in [6, 6.07) is 0. The third-order valence-electron chi connectivity index (χ3n) is 0.852. The minimum absolute atomic E-state index is 0.0373. The summed E-state index contributed by atoms with van der Waals surface area (Å²) in [7, 11) is 0. The lowest BCUT2D eigenvalue weighted by molar-refractivity contribution is -0.136. The standard InChI is InChI=1S/C8H10O4/c1-7(9)12-6-4-2-3-5-8(10)11/h2-4,6H,5H2,1H3,(H,10,11). The number of carboxylic acid groups (broad SMARTS) is 1. The van der Waals surface area contributed by atoms with E-state index in [4.69, 9.17) is 5.11 Å². The van der Waals surface area contributed by atoms with E-state index in [-0.39, 0.29) is 6.42 Å². The van der Waals surface area contributed by atoms with Gasteiger partial charge in [-0.2, -0.15) is 0 Å². The maximum atomic E-state index is 10.2. The summed E-state index contributed by atoms with van der Waals surface area (Å²) in [5, 5.41) is 8.20. The second kappa shape index (κ2) is 6.15. The summed E-state index contributed by atoms with van der Waals surface area (Å²) in [5.74, 6) is -1.30. The summed E-state index contributed by atoms with van der Waals surface area (Å²) < 4.78 is 4.43. The van der Waals surface area contributed by atoms with Crippen molar-refractivity contribution in [3.8, 4) is 0 Å². The van der Waals surface area contributed by atoms with Crippen molar-refractivity contribution in [3.05, 3.63) is 24.5 Å². The molecule has 66 valence electrons. The Morgan fingerprint density at radius 2 is 2.08 bits per heavy atom. The van der Waals surface area contributed by atoms with Crippen LogP contribution < -0.4 is 0 Å². The predicted octanol–water partition coefficient (Wildman–Crippen LogP) is 1.09. The monoisotopic (exact) mass is 170 g/mol. The number of carboxylic acids is 1. The highest BCUT2D eigenvalue weighted by atomic mass is 16.5. The third-order valence-corrected chi connectivity index (χ3v) is 0.852. The zero-order valence-corrected chi connectivity index (χ0v) is 6.69. The number of carbonyl (C=O) groups excluding carboxylic acids is 1. The van der Waals surface area contributed by atoms with Gasteiger partial charge < -0.3 is 9.84 Å². The summed E-state index contributed by atoms with van der Waals surface area (Å²) in [4.78, 5) is 20.2. The lowest BCUT2D eigenvalue weighted by Gasteiger charge is -1.86. The molecule has 0 saturated heterocycles. The molecule has 0 aromatic carbocycles. The number of hydrogen-bond acceptors (Lipinski definition) is 3. The lowest BCUT2D eigenvalue weighted by atomic mass is 10.4. The smallest absolute Gasteiger partial charge is 0.307 e. The van der Waals surface area contributed by atoms with Gasteiger partial charge in [0.1, 0.15) is 0 Å². The molecule has 1 N–H and O–H groups in total. The van der Waals surface area contributed by atoms with Gasteiger partial charge in [-0.15, -0.1) is 0 Å². The average Bonchev–Trinajstić information content (AvgIpc) is 1.95. The first kappa shape index (κ1) is 10.4. The third kappa shape index (κ3) is 8.42. The molecule has 0 heterocycles. The van der Waals surface area contributed by atoms with Crippen molar-refractivity contribution in [2.24, 2.45) is 0 Å². The summed E-state index contributed by atoms with van der Waals surface area (Å²) >= 11 is 0. The SMILES string of the molecule is CC(=O)OC=CC=CCC(=O)O. The maximum absolute atomic E-state index is 10.2. The number of esters is 1. The van der Waals surface area contributed by atoms with E-state index in [0.29, 0.717) is 0 Å². The Morgan fingerprint density at radius 1 is 1.42 bits per heavy atom. The van der Waals surface area contributed by atoms with Gasteiger partial charge in [0.25, 0.3) is 0 Å². The van der Waals surface area contributed by atoms with Crippen LogP contribution in [-0.2, 0) is 14.3 Å². The Kier molecular flexibility index (Phi) is 5.34. The molecule has 0 unspecified atom stereocenters. The predicted molar refractivity (Wildman–Crippen MR) is 42.3 cm³/mol. The molecule has 4 nitrogen and oxygen atoms in total. The van der Waals surface area contributed by atoms with E-state index in [2.05, 4.69) is 4.74 Å². The number of rotatable bonds is 4. The fourth-order valence-corrected chi connectivity index (χ4v) is 0.428. The molecule has 0 rings (SSSR count). The molecule has 0 aromatic heterocycles. The molecule has 4 heteroatoms. The highest BCUT2D eigenvalue weighted by Gasteiger charge is 1.87. The molecule has 0 aliphatic heterocycles. The second-order valence-corrected chi connectivity index (χ2v) is 1.96. The van der Waals surface area contributed by atoms with Crippen molar-refractivity contribution in [1.29, 1.82) is 0 Å². The molecular weight excluding hydrogens is 160 g/mol. The maximum Gasteiger partial charge on any atom is 0.307 e. The number of allylic oxidation sites excluding steroid dienone is 2. The number of carbonyl (C=O) groups is 2. The van der Waals surface area contributed by atoms with Crippen LogP contribution in [0.15, 0.2) is 24.5 Å². The van der Waals surface area contributed by atoms with Crippen molar-refractivity contribution >= 4 is 11.9 Å². The molecule has 0 spiro atoms. The van der Waals surface area contributed by atoms with Gasteiger partial charge >= 0.3 is 11.9 Å². The Hall–Kier alpha value is -1.58. The van der Waals surface area contributed by atoms with Crippen molar-refractivity contribution in [2.45, 2.75) is 13.3 Å². The van der Waals surface area contributed by atoms with Gasteiger partial charge in [0.15, 0.2) is 0 Å². The van der Waals surface area contributed by atoms with Gasteiger partial charge in [0.05, 0.1) is 12.7 Å². The fraction of sp³-hybridized carbons (Fsp3) is 0.250. The highest BCUT2D eigenvalue weighted by molar-refractivity contribution is 5.68. The van der Waals surface area contributed by atoms with Crippen LogP contribution in [0.1, 0.15) is 13.3 Å². The van der Waals surface area contributed by atoms with Gasteiger partial charge in [-0.25, -0.2) is 0 Å². The number of aliphatic carboxylic acids is 1. The van der Waals surface area contributed by atoms with E-state index >= 15 is 0 Å². The first-order valence-electron chi connectivity index (χ1n) is 3.33. The number of hydrogen-bond donors (Lipinski definition) is 1. The molecule has 0 amide bonds. The molecule has 0 aliphatic carbocycles. The van der Waals surface area contributed by atoms with Crippen LogP contribution in [0.2, 0.25) is 0 Å². The molecule has 12 heavy (non-hydrogen) atoms. The largest absolute Gasteiger partial charge is 0.481 e. The Bertz CT molecular complexity index is 191. The molecule has 0 aliphatic rings. The van der Waals surface area contributed by atoms with Gasteiger partial charge in [-0.1, -0.05) is 12.2 Å². The van der Waals surface area contributed by atoms with E-state index < -0.39 is 11.9 Å². The highest BCUT2D eigenvalue weighted by Crippen LogP contribution is 1.85. The zero-order chi connectivity index (χ0) is 9.40. The van der Waals surface area contributed by atoms with Crippen molar-refractivity contribution in [2.75, 3.05) is 0 Å². The molecular formula is C8H10O4. The van der Waals surface area contributed by atoms with Gasteiger partial charge in [0.2, 0.25) is 0 Å². The normalized spacial score (nSPS) is 10.8. The van der Waals surface area contributed by atoms with Crippen LogP contribution in [0.25, 0.3) is 0 Å². The minimum atomic E-state index is -0.896. The molecule has 0 aromatic rings. The Labute approximate surface area is 70.1 Å². The zero-order valence-electron chi connectivity index (χ0n) is 6.69. The Balaban J connectivity index is 3.52. The number of ether oxygens (including phenoxy) is 1. The van der Waals surface area contributed by atoms with Gasteiger partial charge in [0, 0.05) is 6.92 Å². The summed E-state index contributed by atoms with van der Waals surface area (Å²) in [6.45, 7) is 1.28. The topological polar surface area (TPSA) is 63.6 Å². The van der Waals surface area contributed by atoms with E-state index in [9.17, 15) is 9.59 Å². The van der Waals surface area contributed by atoms with Crippen molar-refractivity contribution < 1.29 is 19.4 Å². The van der Waals surface area contributed by atoms with Crippen molar-refractivity contribution in [1.82, 2.24) is 0 Å². The van der Waals surface area contributed by atoms with E-state index in [0.717, 1.165) is 0 Å². The summed E-state index contributed by atoms with van der Waals surface area (Å²) in [6.07, 6.45) is 5.55. The molecule has 0 bridgehead atoms.